The third-order valence-corrected chi connectivity index (χ3v) is 0.455. The molecule has 1 atom stereocenters. The molecule has 0 spiro atoms. The van der Waals surface area contributed by atoms with E-state index in [1.54, 1.807) is 0 Å². The van der Waals surface area contributed by atoms with Crippen molar-refractivity contribution in [3.63, 3.8) is 0 Å². The van der Waals surface area contributed by atoms with Gasteiger partial charge in [0.2, 0.25) is 8.69 Å². The molecule has 0 heterocycles. The molecule has 0 N–H and O–H groups in total. The van der Waals surface area contributed by atoms with Crippen LogP contribution in [0.2, 0.25) is 0 Å². The highest BCUT2D eigenvalue weighted by Gasteiger charge is 1.49. The molecule has 0 bridgehead atoms. The summed E-state index contributed by atoms with van der Waals surface area (Å²) in [7, 11) is -1.08. The fraction of sp³-hybridized carbons (Fsp3) is 0. The fourth-order valence-electron chi connectivity index (χ4n) is 0.0393. The molecule has 0 saturated carbocycles. The maximum atomic E-state index is 9.32. The maximum absolute atomic E-state index is 9.32. The third kappa shape index (κ3) is 3.77. The molecule has 30 valence electrons. The first kappa shape index (κ1) is 4.77. The summed E-state index contributed by atoms with van der Waals surface area (Å²) in [6, 6.07) is 0. The lowest BCUT2D eigenvalue weighted by molar-refractivity contribution is 0.485. The van der Waals surface area contributed by atoms with Gasteiger partial charge >= 0.3 is 0 Å². The molecule has 1 unspecified atom stereocenters. The van der Waals surface area contributed by atoms with E-state index >= 15 is 0 Å². The van der Waals surface area contributed by atoms with Crippen molar-refractivity contribution in [2.45, 2.75) is 0 Å². The number of hydrogen-bond donors (Lipinski definition) is 0. The van der Waals surface area contributed by atoms with Crippen LogP contribution in [0.25, 0.3) is 0 Å². The van der Waals surface area contributed by atoms with Crippen LogP contribution in [-0.2, 0) is 9.09 Å². The summed E-state index contributed by atoms with van der Waals surface area (Å²) >= 11 is 0. The largest absolute Gasteiger partial charge is 0.455 e. The Morgan fingerprint density at radius 2 is 2.60 bits per heavy atom. The first-order chi connectivity index (χ1) is 2.41. The van der Waals surface area contributed by atoms with Gasteiger partial charge in [0.25, 0.3) is 0 Å². The molecular formula is C2H5O2P. The Kier molecular flexibility index (Phi) is 3.60. The predicted octanol–water partition coefficient (Wildman–Crippen LogP) is 0.818. The molecule has 5 heavy (non-hydrogen) atoms. The van der Waals surface area contributed by atoms with Crippen LogP contribution in [0, 0.1) is 0 Å². The Balaban J connectivity index is 2.65. The van der Waals surface area contributed by atoms with Crippen molar-refractivity contribution in [1.29, 1.82) is 0 Å². The second-order valence-corrected chi connectivity index (χ2v) is 0.864. The molecule has 0 aliphatic carbocycles. The summed E-state index contributed by atoms with van der Waals surface area (Å²) in [4.78, 5) is 0. The minimum absolute atomic E-state index is 1.08. The molecule has 0 radical (unpaired) electrons. The van der Waals surface area contributed by atoms with Crippen LogP contribution in [0.1, 0.15) is 0 Å². The zero-order valence-electron chi connectivity index (χ0n) is 2.68. The average Bonchev–Trinajstić information content (AvgIpc) is 1.41. The van der Waals surface area contributed by atoms with Gasteiger partial charge in [-0.05, 0) is 0 Å². The van der Waals surface area contributed by atoms with Crippen molar-refractivity contribution >= 4 is 8.69 Å². The van der Waals surface area contributed by atoms with E-state index in [9.17, 15) is 4.57 Å². The highest BCUT2D eigenvalue weighted by atomic mass is 31.1. The fourth-order valence-corrected chi connectivity index (χ4v) is 0.118. The summed E-state index contributed by atoms with van der Waals surface area (Å²) in [6.45, 7) is 3.15. The molecule has 0 amide bonds. The zero-order chi connectivity index (χ0) is 4.12. The zero-order valence-corrected chi connectivity index (χ0v) is 3.83. The van der Waals surface area contributed by atoms with Gasteiger partial charge in [-0.3, -0.25) is 4.57 Å². The van der Waals surface area contributed by atoms with Crippen LogP contribution in [0.3, 0.4) is 0 Å². The molecule has 0 aromatic carbocycles. The maximum Gasteiger partial charge on any atom is 0.224 e. The summed E-state index contributed by atoms with van der Waals surface area (Å²) in [5.74, 6) is 0. The van der Waals surface area contributed by atoms with Crippen molar-refractivity contribution in [2.24, 2.45) is 0 Å². The normalized spacial score (nSPS) is 8.80. The molecule has 3 heteroatoms. The van der Waals surface area contributed by atoms with Gasteiger partial charge in [-0.1, -0.05) is 6.58 Å². The van der Waals surface area contributed by atoms with Gasteiger partial charge in [0.15, 0.2) is 0 Å². The average molecular weight is 92.0 g/mol. The van der Waals surface area contributed by atoms with E-state index in [1.165, 1.54) is 0 Å². The SMILES string of the molecule is C=CO[PH2]=O. The van der Waals surface area contributed by atoms with Crippen molar-refractivity contribution in [3.05, 3.63) is 12.8 Å². The molecule has 0 aliphatic heterocycles. The van der Waals surface area contributed by atoms with E-state index in [2.05, 4.69) is 11.1 Å². The van der Waals surface area contributed by atoms with Gasteiger partial charge in [-0.15, -0.1) is 0 Å². The predicted molar refractivity (Wildman–Crippen MR) is 21.7 cm³/mol. The van der Waals surface area contributed by atoms with Gasteiger partial charge in [0, 0.05) is 0 Å². The van der Waals surface area contributed by atoms with E-state index in [4.69, 9.17) is 0 Å². The quantitative estimate of drug-likeness (QED) is 0.372. The van der Waals surface area contributed by atoms with Crippen LogP contribution >= 0.6 is 8.69 Å². The monoisotopic (exact) mass is 92.0 g/mol. The van der Waals surface area contributed by atoms with Crippen LogP contribution in [0.15, 0.2) is 12.8 Å². The van der Waals surface area contributed by atoms with Crippen LogP contribution < -0.4 is 0 Å². The highest BCUT2D eigenvalue weighted by Crippen LogP contribution is 1.90. The molecule has 0 aliphatic rings. The Morgan fingerprint density at radius 3 is 2.60 bits per heavy atom. The first-order valence-corrected chi connectivity index (χ1v) is 2.06. The Labute approximate surface area is 31.7 Å². The van der Waals surface area contributed by atoms with Gasteiger partial charge in [0.05, 0.1) is 6.26 Å². The minimum atomic E-state index is -1.08. The van der Waals surface area contributed by atoms with Crippen molar-refractivity contribution in [3.8, 4) is 0 Å². The topological polar surface area (TPSA) is 26.3 Å². The summed E-state index contributed by atoms with van der Waals surface area (Å²) < 4.78 is 13.4. The minimum Gasteiger partial charge on any atom is -0.455 e. The molecule has 0 rings (SSSR count). The second kappa shape index (κ2) is 3.77. The molecule has 0 fully saturated rings. The lowest BCUT2D eigenvalue weighted by atomic mass is 11.2. The van der Waals surface area contributed by atoms with Crippen molar-refractivity contribution in [1.82, 2.24) is 0 Å². The Morgan fingerprint density at radius 1 is 2.00 bits per heavy atom. The van der Waals surface area contributed by atoms with E-state index < -0.39 is 8.69 Å². The molecule has 0 aromatic rings. The summed E-state index contributed by atoms with van der Waals surface area (Å²) in [6.07, 6.45) is 1.16. The van der Waals surface area contributed by atoms with Crippen LogP contribution in [0.4, 0.5) is 0 Å². The first-order valence-electron chi connectivity index (χ1n) is 1.12. The van der Waals surface area contributed by atoms with Crippen molar-refractivity contribution < 1.29 is 9.09 Å². The number of hydrogen-bond acceptors (Lipinski definition) is 2. The molecule has 0 aromatic heterocycles. The highest BCUT2D eigenvalue weighted by molar-refractivity contribution is 7.17. The smallest absolute Gasteiger partial charge is 0.224 e. The van der Waals surface area contributed by atoms with Crippen LogP contribution in [0.5, 0.6) is 0 Å². The molecular weight excluding hydrogens is 87.0 g/mol. The lowest BCUT2D eigenvalue weighted by Crippen LogP contribution is -1.41. The van der Waals surface area contributed by atoms with Gasteiger partial charge in [-0.2, -0.15) is 0 Å². The molecule has 2 nitrogen and oxygen atoms in total. The third-order valence-electron chi connectivity index (χ3n) is 0.152. The molecule has 0 saturated heterocycles. The number of rotatable bonds is 2. The van der Waals surface area contributed by atoms with Crippen LogP contribution in [-0.4, -0.2) is 0 Å². The van der Waals surface area contributed by atoms with E-state index in [0.717, 1.165) is 6.26 Å². The Hall–Kier alpha value is -0.230. The second-order valence-electron chi connectivity index (χ2n) is 0.399. The van der Waals surface area contributed by atoms with E-state index in [-0.39, 0.29) is 0 Å². The lowest BCUT2D eigenvalue weighted by Gasteiger charge is -1.73. The van der Waals surface area contributed by atoms with Crippen molar-refractivity contribution in [2.75, 3.05) is 0 Å². The van der Waals surface area contributed by atoms with Gasteiger partial charge in [-0.25, -0.2) is 0 Å². The standard InChI is InChI=1S/C2H5O2P/c1-2-4-5-3/h2H,1,5H2. The summed E-state index contributed by atoms with van der Waals surface area (Å²) in [5.41, 5.74) is 0. The van der Waals surface area contributed by atoms with E-state index in [0.29, 0.717) is 0 Å². The van der Waals surface area contributed by atoms with Gasteiger partial charge < -0.3 is 4.52 Å². The summed E-state index contributed by atoms with van der Waals surface area (Å²) in [5, 5.41) is 0. The van der Waals surface area contributed by atoms with E-state index in [1.807, 2.05) is 0 Å². The van der Waals surface area contributed by atoms with Gasteiger partial charge in [0.1, 0.15) is 0 Å². The Bertz CT molecular complexity index is 36.9.